The molecule has 1 rings (SSSR count). The second-order valence-electron chi connectivity index (χ2n) is 2.73. The first-order valence-electron chi connectivity index (χ1n) is 4.50. The number of nitrogens with one attached hydrogen (secondary N) is 1. The number of nitrogens with zero attached hydrogens (tertiary/aromatic N) is 2. The van der Waals surface area contributed by atoms with Crippen molar-refractivity contribution in [3.8, 4) is 0 Å². The normalized spacial score (nSPS) is 10.7. The molecule has 1 N–H and O–H groups in total. The van der Waals surface area contributed by atoms with Gasteiger partial charge in [-0.3, -0.25) is 9.67 Å². The van der Waals surface area contributed by atoms with Crippen molar-refractivity contribution >= 4 is 12.2 Å². The molecule has 1 aromatic rings. The van der Waals surface area contributed by atoms with Crippen molar-refractivity contribution in [1.29, 1.82) is 0 Å². The SMILES string of the molecule is CCOCc1n[nH]c(=S)n1CCOC. The van der Waals surface area contributed by atoms with Gasteiger partial charge in [-0.2, -0.15) is 5.10 Å². The summed E-state index contributed by atoms with van der Waals surface area (Å²) in [6.07, 6.45) is 0. The van der Waals surface area contributed by atoms with Crippen LogP contribution >= 0.6 is 12.2 Å². The van der Waals surface area contributed by atoms with Gasteiger partial charge in [0.2, 0.25) is 0 Å². The average Bonchev–Trinajstić information content (AvgIpc) is 2.53. The molecule has 14 heavy (non-hydrogen) atoms. The summed E-state index contributed by atoms with van der Waals surface area (Å²) < 4.78 is 12.7. The molecule has 0 bridgehead atoms. The molecular weight excluding hydrogens is 202 g/mol. The van der Waals surface area contributed by atoms with Crippen molar-refractivity contribution in [2.75, 3.05) is 20.3 Å². The van der Waals surface area contributed by atoms with E-state index in [1.807, 2.05) is 11.5 Å². The third-order valence-electron chi connectivity index (χ3n) is 1.79. The van der Waals surface area contributed by atoms with E-state index in [0.29, 0.717) is 31.1 Å². The molecule has 0 spiro atoms. The quantitative estimate of drug-likeness (QED) is 0.726. The molecular formula is C8H15N3O2S. The summed E-state index contributed by atoms with van der Waals surface area (Å²) in [4.78, 5) is 0. The van der Waals surface area contributed by atoms with E-state index in [0.717, 1.165) is 5.82 Å². The molecule has 0 aliphatic heterocycles. The van der Waals surface area contributed by atoms with Gasteiger partial charge in [0.05, 0.1) is 13.2 Å². The van der Waals surface area contributed by atoms with E-state index in [-0.39, 0.29) is 0 Å². The van der Waals surface area contributed by atoms with Crippen LogP contribution in [0.15, 0.2) is 0 Å². The van der Waals surface area contributed by atoms with Gasteiger partial charge in [0.15, 0.2) is 10.6 Å². The van der Waals surface area contributed by atoms with Crippen LogP contribution in [0.5, 0.6) is 0 Å². The van der Waals surface area contributed by atoms with Crippen LogP contribution in [0.1, 0.15) is 12.7 Å². The van der Waals surface area contributed by atoms with Crippen molar-refractivity contribution < 1.29 is 9.47 Å². The van der Waals surface area contributed by atoms with Crippen LogP contribution in [0, 0.1) is 4.77 Å². The molecule has 0 aromatic carbocycles. The molecule has 0 unspecified atom stereocenters. The van der Waals surface area contributed by atoms with Crippen LogP contribution in [-0.4, -0.2) is 35.1 Å². The van der Waals surface area contributed by atoms with Gasteiger partial charge in [0.1, 0.15) is 6.61 Å². The lowest BCUT2D eigenvalue weighted by atomic mass is 10.6. The standard InChI is InChI=1S/C8H15N3O2S/c1-3-13-6-7-9-10-8(14)11(7)4-5-12-2/h3-6H2,1-2H3,(H,10,14). The molecule has 0 aliphatic rings. The van der Waals surface area contributed by atoms with E-state index in [4.69, 9.17) is 21.7 Å². The van der Waals surface area contributed by atoms with Gasteiger partial charge in [-0.05, 0) is 19.1 Å². The largest absolute Gasteiger partial charge is 0.383 e. The summed E-state index contributed by atoms with van der Waals surface area (Å²) in [5, 5.41) is 6.81. The van der Waals surface area contributed by atoms with E-state index < -0.39 is 0 Å². The number of ether oxygens (including phenoxy) is 2. The Hall–Kier alpha value is -0.720. The Labute approximate surface area is 88.0 Å². The molecule has 0 fully saturated rings. The number of hydrogen-bond donors (Lipinski definition) is 1. The maximum absolute atomic E-state index is 5.26. The molecule has 6 heteroatoms. The Morgan fingerprint density at radius 1 is 1.57 bits per heavy atom. The fourth-order valence-electron chi connectivity index (χ4n) is 1.07. The average molecular weight is 217 g/mol. The lowest BCUT2D eigenvalue weighted by Crippen LogP contribution is -2.09. The summed E-state index contributed by atoms with van der Waals surface area (Å²) in [7, 11) is 1.66. The summed E-state index contributed by atoms with van der Waals surface area (Å²) in [5.74, 6) is 0.814. The highest BCUT2D eigenvalue weighted by molar-refractivity contribution is 7.71. The molecule has 0 saturated carbocycles. The highest BCUT2D eigenvalue weighted by Crippen LogP contribution is 2.00. The Morgan fingerprint density at radius 3 is 3.00 bits per heavy atom. The zero-order valence-corrected chi connectivity index (χ0v) is 9.26. The van der Waals surface area contributed by atoms with Crippen LogP contribution in [0.2, 0.25) is 0 Å². The Bertz CT molecular complexity index is 321. The van der Waals surface area contributed by atoms with Gasteiger partial charge in [0, 0.05) is 13.7 Å². The Balaban J connectivity index is 2.67. The molecule has 0 saturated heterocycles. The van der Waals surface area contributed by atoms with Crippen LogP contribution in [0.4, 0.5) is 0 Å². The Kier molecular flexibility index (Phi) is 4.78. The number of rotatable bonds is 6. The molecule has 0 radical (unpaired) electrons. The summed E-state index contributed by atoms with van der Waals surface area (Å²) in [5.41, 5.74) is 0. The molecule has 1 aromatic heterocycles. The minimum absolute atomic E-state index is 0.480. The zero-order valence-electron chi connectivity index (χ0n) is 8.45. The number of hydrogen-bond acceptors (Lipinski definition) is 4. The highest BCUT2D eigenvalue weighted by atomic mass is 32.1. The van der Waals surface area contributed by atoms with Gasteiger partial charge >= 0.3 is 0 Å². The lowest BCUT2D eigenvalue weighted by molar-refractivity contribution is 0.122. The van der Waals surface area contributed by atoms with Crippen LogP contribution in [0.3, 0.4) is 0 Å². The number of aromatic nitrogens is 3. The van der Waals surface area contributed by atoms with E-state index in [1.165, 1.54) is 0 Å². The summed E-state index contributed by atoms with van der Waals surface area (Å²) in [6, 6.07) is 0. The van der Waals surface area contributed by atoms with Gasteiger partial charge < -0.3 is 9.47 Å². The van der Waals surface area contributed by atoms with Gasteiger partial charge in [0.25, 0.3) is 0 Å². The first-order valence-corrected chi connectivity index (χ1v) is 4.91. The highest BCUT2D eigenvalue weighted by Gasteiger charge is 2.04. The Morgan fingerprint density at radius 2 is 2.36 bits per heavy atom. The van der Waals surface area contributed by atoms with E-state index in [1.54, 1.807) is 7.11 Å². The van der Waals surface area contributed by atoms with Crippen LogP contribution in [-0.2, 0) is 22.6 Å². The summed E-state index contributed by atoms with van der Waals surface area (Å²) >= 11 is 5.07. The fraction of sp³-hybridized carbons (Fsp3) is 0.750. The molecule has 5 nitrogen and oxygen atoms in total. The van der Waals surface area contributed by atoms with Gasteiger partial charge in [-0.1, -0.05) is 0 Å². The maximum Gasteiger partial charge on any atom is 0.195 e. The first-order chi connectivity index (χ1) is 6.79. The molecule has 0 atom stereocenters. The predicted molar refractivity (Wildman–Crippen MR) is 54.6 cm³/mol. The third kappa shape index (κ3) is 2.90. The summed E-state index contributed by atoms with van der Waals surface area (Å²) in [6.45, 7) is 4.42. The topological polar surface area (TPSA) is 52.1 Å². The van der Waals surface area contributed by atoms with Crippen molar-refractivity contribution in [3.05, 3.63) is 10.6 Å². The van der Waals surface area contributed by atoms with Crippen LogP contribution < -0.4 is 0 Å². The number of methoxy groups -OCH3 is 1. The van der Waals surface area contributed by atoms with E-state index in [2.05, 4.69) is 10.2 Å². The zero-order chi connectivity index (χ0) is 10.4. The molecule has 0 aliphatic carbocycles. The number of aromatic amines is 1. The monoisotopic (exact) mass is 217 g/mol. The molecule has 80 valence electrons. The van der Waals surface area contributed by atoms with Crippen molar-refractivity contribution in [3.63, 3.8) is 0 Å². The van der Waals surface area contributed by atoms with Crippen molar-refractivity contribution in [1.82, 2.24) is 14.8 Å². The maximum atomic E-state index is 5.26. The minimum atomic E-state index is 0.480. The van der Waals surface area contributed by atoms with E-state index in [9.17, 15) is 0 Å². The lowest BCUT2D eigenvalue weighted by Gasteiger charge is -2.05. The first kappa shape index (κ1) is 11.4. The minimum Gasteiger partial charge on any atom is -0.383 e. The van der Waals surface area contributed by atoms with Gasteiger partial charge in [-0.15, -0.1) is 0 Å². The third-order valence-corrected chi connectivity index (χ3v) is 2.10. The second kappa shape index (κ2) is 5.90. The molecule has 1 heterocycles. The van der Waals surface area contributed by atoms with E-state index >= 15 is 0 Å². The van der Waals surface area contributed by atoms with Crippen LogP contribution in [0.25, 0.3) is 0 Å². The number of H-pyrrole nitrogens is 1. The predicted octanol–water partition coefficient (Wildman–Crippen LogP) is 1.12. The molecule has 0 amide bonds. The second-order valence-corrected chi connectivity index (χ2v) is 3.11. The smallest absolute Gasteiger partial charge is 0.195 e. The van der Waals surface area contributed by atoms with Gasteiger partial charge in [-0.25, -0.2) is 0 Å². The van der Waals surface area contributed by atoms with Crippen molar-refractivity contribution in [2.45, 2.75) is 20.1 Å². The van der Waals surface area contributed by atoms with Crippen molar-refractivity contribution in [2.24, 2.45) is 0 Å². The fourth-order valence-corrected chi connectivity index (χ4v) is 1.31.